The Morgan fingerprint density at radius 3 is 1.68 bits per heavy atom. The number of carbonyl (C=O) groups is 1. The Bertz CT molecular complexity index is 573. The van der Waals surface area contributed by atoms with E-state index in [-0.39, 0.29) is 6.42 Å². The smallest absolute Gasteiger partial charge is 0.309 e. The van der Waals surface area contributed by atoms with Gasteiger partial charge in [-0.2, -0.15) is 0 Å². The van der Waals surface area contributed by atoms with E-state index in [2.05, 4.69) is 0 Å². The molecule has 3 heteroatoms. The minimum Gasteiger partial charge on any atom is -0.460 e. The van der Waals surface area contributed by atoms with Gasteiger partial charge in [0.15, 0.2) is 0 Å². The third-order valence-electron chi connectivity index (χ3n) is 3.32. The van der Waals surface area contributed by atoms with E-state index in [1.54, 1.807) is 0 Å². The lowest BCUT2D eigenvalue weighted by Gasteiger charge is -2.30. The monoisotopic (exact) mass is 298 g/mol. The van der Waals surface area contributed by atoms with Crippen LogP contribution in [-0.4, -0.2) is 16.7 Å². The first-order valence-corrected chi connectivity index (χ1v) is 7.36. The van der Waals surface area contributed by atoms with Crippen molar-refractivity contribution in [1.82, 2.24) is 0 Å². The number of ether oxygens (including phenoxy) is 1. The fourth-order valence-corrected chi connectivity index (χ4v) is 2.39. The number of benzene rings is 2. The first kappa shape index (κ1) is 16.2. The molecule has 0 heterocycles. The molecule has 0 amide bonds. The van der Waals surface area contributed by atoms with Crippen molar-refractivity contribution in [1.29, 1.82) is 0 Å². The van der Waals surface area contributed by atoms with Gasteiger partial charge in [0.2, 0.25) is 0 Å². The standard InChI is InChI=1S/C19H22O3/c1-18(2,3)22-17(20)14-19(21,15-10-6-4-7-11-15)16-12-8-5-9-13-16/h4-13,21H,14H2,1-3H3. The molecule has 0 spiro atoms. The minimum atomic E-state index is -1.40. The van der Waals surface area contributed by atoms with Crippen molar-refractivity contribution in [3.63, 3.8) is 0 Å². The highest BCUT2D eigenvalue weighted by Gasteiger charge is 2.35. The summed E-state index contributed by atoms with van der Waals surface area (Å²) in [7, 11) is 0. The zero-order chi connectivity index (χ0) is 16.2. The summed E-state index contributed by atoms with van der Waals surface area (Å²) in [6.07, 6.45) is -0.127. The second-order valence-corrected chi connectivity index (χ2v) is 6.36. The largest absolute Gasteiger partial charge is 0.460 e. The SMILES string of the molecule is CC(C)(C)OC(=O)CC(O)(c1ccccc1)c1ccccc1. The Morgan fingerprint density at radius 2 is 1.32 bits per heavy atom. The van der Waals surface area contributed by atoms with Crippen molar-refractivity contribution in [3.05, 3.63) is 71.8 Å². The van der Waals surface area contributed by atoms with E-state index in [4.69, 9.17) is 4.74 Å². The number of aliphatic hydroxyl groups is 1. The Balaban J connectivity index is 2.37. The number of rotatable bonds is 4. The second-order valence-electron chi connectivity index (χ2n) is 6.36. The zero-order valence-corrected chi connectivity index (χ0v) is 13.2. The van der Waals surface area contributed by atoms with E-state index < -0.39 is 17.2 Å². The molecule has 22 heavy (non-hydrogen) atoms. The first-order chi connectivity index (χ1) is 10.3. The normalized spacial score (nSPS) is 12.0. The molecule has 0 bridgehead atoms. The van der Waals surface area contributed by atoms with Gasteiger partial charge in [-0.05, 0) is 31.9 Å². The van der Waals surface area contributed by atoms with Crippen LogP contribution in [0.4, 0.5) is 0 Å². The van der Waals surface area contributed by atoms with Gasteiger partial charge in [0.25, 0.3) is 0 Å². The quantitative estimate of drug-likeness (QED) is 0.876. The topological polar surface area (TPSA) is 46.5 Å². The van der Waals surface area contributed by atoms with Gasteiger partial charge in [0, 0.05) is 0 Å². The van der Waals surface area contributed by atoms with E-state index in [0.29, 0.717) is 11.1 Å². The van der Waals surface area contributed by atoms with Crippen LogP contribution in [-0.2, 0) is 15.1 Å². The van der Waals surface area contributed by atoms with Crippen LogP contribution in [0.3, 0.4) is 0 Å². The third kappa shape index (κ3) is 3.95. The predicted octanol–water partition coefficient (Wildman–Crippen LogP) is 3.65. The van der Waals surface area contributed by atoms with Gasteiger partial charge in [0.05, 0.1) is 6.42 Å². The van der Waals surface area contributed by atoms with Crippen LogP contribution in [0.2, 0.25) is 0 Å². The Labute approximate surface area is 131 Å². The van der Waals surface area contributed by atoms with Crippen molar-refractivity contribution in [2.24, 2.45) is 0 Å². The molecule has 0 aliphatic rings. The van der Waals surface area contributed by atoms with Crippen molar-refractivity contribution >= 4 is 5.97 Å². The number of carbonyl (C=O) groups excluding carboxylic acids is 1. The van der Waals surface area contributed by atoms with Gasteiger partial charge in [-0.3, -0.25) is 4.79 Å². The first-order valence-electron chi connectivity index (χ1n) is 7.36. The molecule has 116 valence electrons. The number of hydrogen-bond acceptors (Lipinski definition) is 3. The second kappa shape index (κ2) is 6.32. The summed E-state index contributed by atoms with van der Waals surface area (Å²) in [5, 5.41) is 11.2. The molecule has 3 nitrogen and oxygen atoms in total. The number of esters is 1. The molecular formula is C19H22O3. The molecule has 0 saturated heterocycles. The molecule has 1 N–H and O–H groups in total. The summed E-state index contributed by atoms with van der Waals surface area (Å²) >= 11 is 0. The molecule has 0 aliphatic carbocycles. The van der Waals surface area contributed by atoms with Gasteiger partial charge in [-0.15, -0.1) is 0 Å². The van der Waals surface area contributed by atoms with Gasteiger partial charge < -0.3 is 9.84 Å². The van der Waals surface area contributed by atoms with Crippen LogP contribution >= 0.6 is 0 Å². The van der Waals surface area contributed by atoms with Crippen molar-refractivity contribution in [3.8, 4) is 0 Å². The van der Waals surface area contributed by atoms with Gasteiger partial charge >= 0.3 is 5.97 Å². The molecule has 0 unspecified atom stereocenters. The zero-order valence-electron chi connectivity index (χ0n) is 13.2. The van der Waals surface area contributed by atoms with Crippen LogP contribution in [0.1, 0.15) is 38.3 Å². The summed E-state index contributed by atoms with van der Waals surface area (Å²) in [5.74, 6) is -0.428. The van der Waals surface area contributed by atoms with E-state index in [1.807, 2.05) is 81.4 Å². The van der Waals surface area contributed by atoms with E-state index in [9.17, 15) is 9.90 Å². The van der Waals surface area contributed by atoms with Crippen LogP contribution in [0.5, 0.6) is 0 Å². The van der Waals surface area contributed by atoms with Gasteiger partial charge in [0.1, 0.15) is 11.2 Å². The van der Waals surface area contributed by atoms with Crippen LogP contribution < -0.4 is 0 Å². The highest BCUT2D eigenvalue weighted by molar-refractivity contribution is 5.72. The maximum atomic E-state index is 12.2. The van der Waals surface area contributed by atoms with Crippen molar-refractivity contribution in [2.75, 3.05) is 0 Å². The Morgan fingerprint density at radius 1 is 0.909 bits per heavy atom. The maximum Gasteiger partial charge on any atom is 0.309 e. The molecular weight excluding hydrogens is 276 g/mol. The summed E-state index contributed by atoms with van der Waals surface area (Å²) in [4.78, 5) is 12.2. The molecule has 0 saturated carbocycles. The van der Waals surface area contributed by atoms with Crippen molar-refractivity contribution in [2.45, 2.75) is 38.4 Å². The highest BCUT2D eigenvalue weighted by atomic mass is 16.6. The number of hydrogen-bond donors (Lipinski definition) is 1. The predicted molar refractivity (Wildman–Crippen MR) is 86.3 cm³/mol. The lowest BCUT2D eigenvalue weighted by molar-refractivity contribution is -0.159. The Kier molecular flexibility index (Phi) is 4.67. The summed E-state index contributed by atoms with van der Waals surface area (Å²) in [6, 6.07) is 18.4. The van der Waals surface area contributed by atoms with E-state index in [0.717, 1.165) is 0 Å². The summed E-state index contributed by atoms with van der Waals surface area (Å²) in [6.45, 7) is 5.44. The molecule has 2 rings (SSSR count). The fourth-order valence-electron chi connectivity index (χ4n) is 2.39. The fraction of sp³-hybridized carbons (Fsp3) is 0.316. The molecule has 0 aromatic heterocycles. The van der Waals surface area contributed by atoms with Gasteiger partial charge in [-0.1, -0.05) is 60.7 Å². The van der Waals surface area contributed by atoms with Crippen molar-refractivity contribution < 1.29 is 14.6 Å². The molecule has 0 aliphatic heterocycles. The highest BCUT2D eigenvalue weighted by Crippen LogP contribution is 2.33. The molecule has 2 aromatic carbocycles. The lowest BCUT2D eigenvalue weighted by atomic mass is 9.83. The van der Waals surface area contributed by atoms with E-state index >= 15 is 0 Å². The van der Waals surface area contributed by atoms with Gasteiger partial charge in [-0.25, -0.2) is 0 Å². The van der Waals surface area contributed by atoms with Crippen LogP contribution in [0.15, 0.2) is 60.7 Å². The molecule has 2 aromatic rings. The van der Waals surface area contributed by atoms with Crippen LogP contribution in [0, 0.1) is 0 Å². The lowest BCUT2D eigenvalue weighted by Crippen LogP contribution is -2.34. The molecule has 0 radical (unpaired) electrons. The summed E-state index contributed by atoms with van der Waals surface area (Å²) < 4.78 is 5.38. The Hall–Kier alpha value is -2.13. The average molecular weight is 298 g/mol. The maximum absolute atomic E-state index is 12.2. The minimum absolute atomic E-state index is 0.127. The molecule has 0 atom stereocenters. The summed E-state index contributed by atoms with van der Waals surface area (Å²) in [5.41, 5.74) is -0.630. The average Bonchev–Trinajstić information content (AvgIpc) is 2.47. The molecule has 0 fully saturated rings. The van der Waals surface area contributed by atoms with E-state index in [1.165, 1.54) is 0 Å². The third-order valence-corrected chi connectivity index (χ3v) is 3.32. The van der Waals surface area contributed by atoms with Crippen LogP contribution in [0.25, 0.3) is 0 Å².